The number of aliphatic hydroxyl groups excluding tert-OH is 1. The van der Waals surface area contributed by atoms with Crippen LogP contribution in [0.2, 0.25) is 0 Å². The Balaban J connectivity index is 1.53. The van der Waals surface area contributed by atoms with E-state index in [0.717, 1.165) is 29.4 Å². The summed E-state index contributed by atoms with van der Waals surface area (Å²) in [5.41, 5.74) is 1.12. The molecule has 1 aliphatic rings. The van der Waals surface area contributed by atoms with Crippen LogP contribution < -0.4 is 10.2 Å². The van der Waals surface area contributed by atoms with E-state index in [1.165, 1.54) is 11.0 Å². The van der Waals surface area contributed by atoms with E-state index in [1.807, 2.05) is 30.0 Å². The fourth-order valence-electron chi connectivity index (χ4n) is 3.18. The number of halogens is 3. The summed E-state index contributed by atoms with van der Waals surface area (Å²) in [5.74, 6) is -1.16. The molecule has 3 aromatic rings. The summed E-state index contributed by atoms with van der Waals surface area (Å²) >= 11 is 0. The molecular weight excluding hydrogens is 371 g/mol. The van der Waals surface area contributed by atoms with Crippen LogP contribution in [0.3, 0.4) is 0 Å². The van der Waals surface area contributed by atoms with Crippen LogP contribution in [0.4, 0.5) is 30.5 Å². The number of hydrogen-bond donors (Lipinski definition) is 2. The van der Waals surface area contributed by atoms with Crippen molar-refractivity contribution < 1.29 is 18.3 Å². The number of alkyl halides is 1. The highest BCUT2D eigenvalue weighted by Gasteiger charge is 2.43. The Kier molecular flexibility index (Phi) is 4.46. The maximum Gasteiger partial charge on any atom is 0.246 e. The van der Waals surface area contributed by atoms with E-state index in [1.54, 1.807) is 0 Å². The Morgan fingerprint density at radius 3 is 2.46 bits per heavy atom. The van der Waals surface area contributed by atoms with Gasteiger partial charge in [-0.3, -0.25) is 0 Å². The Morgan fingerprint density at radius 1 is 1.07 bits per heavy atom. The van der Waals surface area contributed by atoms with Gasteiger partial charge >= 0.3 is 0 Å². The molecule has 0 aliphatic carbocycles. The number of aryl methyl sites for hydroxylation is 1. The number of nitrogens with zero attached hydrogens (tertiary/aromatic N) is 4. The molecular formula is C19H18F3N5O. The van der Waals surface area contributed by atoms with Crippen molar-refractivity contribution in [2.75, 3.05) is 29.9 Å². The van der Waals surface area contributed by atoms with Gasteiger partial charge in [-0.1, -0.05) is 0 Å². The topological polar surface area (TPSA) is 66.2 Å². The van der Waals surface area contributed by atoms with Crippen molar-refractivity contribution in [1.82, 2.24) is 14.8 Å². The van der Waals surface area contributed by atoms with Gasteiger partial charge in [0, 0.05) is 17.4 Å². The molecule has 4 rings (SSSR count). The summed E-state index contributed by atoms with van der Waals surface area (Å²) in [5, 5.41) is 16.3. The fourth-order valence-corrected chi connectivity index (χ4v) is 3.18. The second-order valence-electron chi connectivity index (χ2n) is 6.99. The molecule has 9 heteroatoms. The smallest absolute Gasteiger partial charge is 0.246 e. The lowest BCUT2D eigenvalue weighted by Gasteiger charge is -2.45. The first-order valence-electron chi connectivity index (χ1n) is 8.65. The third-order valence-electron chi connectivity index (χ3n) is 4.52. The van der Waals surface area contributed by atoms with Crippen molar-refractivity contribution in [2.24, 2.45) is 0 Å². The van der Waals surface area contributed by atoms with Crippen LogP contribution in [0, 0.1) is 18.6 Å². The van der Waals surface area contributed by atoms with Gasteiger partial charge in [0.2, 0.25) is 5.95 Å². The second kappa shape index (κ2) is 6.83. The van der Waals surface area contributed by atoms with E-state index in [9.17, 15) is 13.2 Å². The summed E-state index contributed by atoms with van der Waals surface area (Å²) in [4.78, 5) is 5.94. The van der Waals surface area contributed by atoms with Crippen molar-refractivity contribution >= 4 is 17.3 Å². The van der Waals surface area contributed by atoms with Gasteiger partial charge in [-0.25, -0.2) is 17.9 Å². The number of hydrogen-bond acceptors (Lipinski definition) is 5. The zero-order valence-electron chi connectivity index (χ0n) is 15.0. The van der Waals surface area contributed by atoms with Crippen molar-refractivity contribution in [2.45, 2.75) is 12.6 Å². The van der Waals surface area contributed by atoms with Gasteiger partial charge in [0.1, 0.15) is 18.0 Å². The highest BCUT2D eigenvalue weighted by Crippen LogP contribution is 2.33. The molecule has 1 aliphatic heterocycles. The Hall–Kier alpha value is -3.07. The summed E-state index contributed by atoms with van der Waals surface area (Å²) in [6.45, 7) is 1.67. The van der Waals surface area contributed by atoms with Gasteiger partial charge in [-0.05, 0) is 42.8 Å². The SMILES string of the molecule is Cc1cc(Nc2ncn(-c3cc(F)cc(F)c3)n2)cc(N2CC(F)(CO)C2)c1. The average molecular weight is 389 g/mol. The van der Waals surface area contributed by atoms with Crippen molar-refractivity contribution in [3.63, 3.8) is 0 Å². The highest BCUT2D eigenvalue weighted by atomic mass is 19.1. The number of nitrogens with one attached hydrogen (secondary N) is 1. The minimum absolute atomic E-state index is 0.129. The van der Waals surface area contributed by atoms with E-state index >= 15 is 0 Å². The normalized spacial score (nSPS) is 15.4. The molecule has 146 valence electrons. The molecule has 2 aromatic carbocycles. The first-order valence-corrected chi connectivity index (χ1v) is 8.65. The van der Waals surface area contributed by atoms with E-state index in [-0.39, 0.29) is 24.7 Å². The van der Waals surface area contributed by atoms with Gasteiger partial charge < -0.3 is 15.3 Å². The zero-order valence-corrected chi connectivity index (χ0v) is 15.0. The first-order chi connectivity index (χ1) is 13.3. The Labute approximate surface area is 159 Å². The van der Waals surface area contributed by atoms with Crippen LogP contribution in [-0.4, -0.2) is 45.2 Å². The molecule has 0 atom stereocenters. The molecule has 2 N–H and O–H groups in total. The van der Waals surface area contributed by atoms with Gasteiger partial charge in [0.25, 0.3) is 0 Å². The van der Waals surface area contributed by atoms with E-state index in [2.05, 4.69) is 15.4 Å². The third-order valence-corrected chi connectivity index (χ3v) is 4.52. The molecule has 1 fully saturated rings. The quantitative estimate of drug-likeness (QED) is 0.702. The lowest BCUT2D eigenvalue weighted by molar-refractivity contribution is 0.0445. The van der Waals surface area contributed by atoms with Crippen molar-refractivity contribution in [3.8, 4) is 5.69 Å². The molecule has 0 unspecified atom stereocenters. The molecule has 1 aromatic heterocycles. The standard InChI is InChI=1S/C19H18F3N5O/c1-12-2-15(7-16(3-12)26-8-19(22,9-26)10-28)24-18-23-11-27(25-18)17-5-13(20)4-14(21)6-17/h2-7,11,28H,8-10H2,1H3,(H,24,25). The maximum atomic E-state index is 14.0. The average Bonchev–Trinajstić information content (AvgIpc) is 3.06. The number of aliphatic hydroxyl groups is 1. The number of anilines is 3. The molecule has 1 saturated heterocycles. The fraction of sp³-hybridized carbons (Fsp3) is 0.263. The van der Waals surface area contributed by atoms with Crippen LogP contribution in [0.5, 0.6) is 0 Å². The first kappa shape index (κ1) is 18.3. The molecule has 28 heavy (non-hydrogen) atoms. The Bertz CT molecular complexity index is 996. The van der Waals surface area contributed by atoms with E-state index < -0.39 is 23.9 Å². The number of rotatable bonds is 5. The Morgan fingerprint density at radius 2 is 1.79 bits per heavy atom. The second-order valence-corrected chi connectivity index (χ2v) is 6.99. The maximum absolute atomic E-state index is 14.0. The molecule has 0 radical (unpaired) electrons. The van der Waals surface area contributed by atoms with Crippen molar-refractivity contribution in [1.29, 1.82) is 0 Å². The summed E-state index contributed by atoms with van der Waals surface area (Å²) in [7, 11) is 0. The van der Waals surface area contributed by atoms with E-state index in [4.69, 9.17) is 5.11 Å². The van der Waals surface area contributed by atoms with Crippen LogP contribution in [0.15, 0.2) is 42.7 Å². The molecule has 0 bridgehead atoms. The molecule has 0 saturated carbocycles. The highest BCUT2D eigenvalue weighted by molar-refractivity contribution is 5.65. The van der Waals surface area contributed by atoms with Crippen LogP contribution >= 0.6 is 0 Å². The molecule has 2 heterocycles. The summed E-state index contributed by atoms with van der Waals surface area (Å²) in [6, 6.07) is 8.71. The van der Waals surface area contributed by atoms with Crippen LogP contribution in [-0.2, 0) is 0 Å². The van der Waals surface area contributed by atoms with E-state index in [0.29, 0.717) is 5.69 Å². The van der Waals surface area contributed by atoms with Crippen molar-refractivity contribution in [3.05, 3.63) is 59.9 Å². The minimum Gasteiger partial charge on any atom is -0.393 e. The third kappa shape index (κ3) is 3.65. The van der Waals surface area contributed by atoms with Gasteiger partial charge in [-0.15, -0.1) is 5.10 Å². The molecule has 0 spiro atoms. The van der Waals surface area contributed by atoms with Crippen LogP contribution in [0.1, 0.15) is 5.56 Å². The lowest BCUT2D eigenvalue weighted by Crippen LogP contribution is -2.61. The monoisotopic (exact) mass is 389 g/mol. The van der Waals surface area contributed by atoms with Crippen LogP contribution in [0.25, 0.3) is 5.69 Å². The largest absolute Gasteiger partial charge is 0.393 e. The zero-order chi connectivity index (χ0) is 19.9. The number of benzene rings is 2. The predicted octanol–water partition coefficient (Wildman–Crippen LogP) is 3.12. The summed E-state index contributed by atoms with van der Waals surface area (Å²) < 4.78 is 42.0. The minimum atomic E-state index is -1.56. The predicted molar refractivity (Wildman–Crippen MR) is 98.9 cm³/mol. The lowest BCUT2D eigenvalue weighted by atomic mass is 9.96. The van der Waals surface area contributed by atoms with Gasteiger partial charge in [0.15, 0.2) is 5.67 Å². The van der Waals surface area contributed by atoms with Gasteiger partial charge in [-0.2, -0.15) is 4.98 Å². The van der Waals surface area contributed by atoms with Gasteiger partial charge in [0.05, 0.1) is 25.4 Å². The number of aromatic nitrogens is 3. The molecule has 0 amide bonds. The summed E-state index contributed by atoms with van der Waals surface area (Å²) in [6.07, 6.45) is 1.35. The molecule has 6 nitrogen and oxygen atoms in total.